The molecule has 1 aromatic carbocycles. The number of hydrogen-bond acceptors (Lipinski definition) is 5. The fourth-order valence-corrected chi connectivity index (χ4v) is 1.99. The van der Waals surface area contributed by atoms with E-state index in [-0.39, 0.29) is 0 Å². The summed E-state index contributed by atoms with van der Waals surface area (Å²) in [5.41, 5.74) is 7.45. The van der Waals surface area contributed by atoms with E-state index in [2.05, 4.69) is 32.3 Å². The van der Waals surface area contributed by atoms with Crippen molar-refractivity contribution >= 4 is 33.1 Å². The molecule has 3 N–H and O–H groups in total. The number of rotatable bonds is 4. The van der Waals surface area contributed by atoms with Gasteiger partial charge in [0, 0.05) is 4.47 Å². The molecule has 0 spiro atoms. The third-order valence-corrected chi connectivity index (χ3v) is 3.03. The van der Waals surface area contributed by atoms with E-state index in [1.165, 1.54) is 0 Å². The van der Waals surface area contributed by atoms with Crippen LogP contribution in [0.2, 0.25) is 0 Å². The van der Waals surface area contributed by atoms with Crippen LogP contribution in [0.15, 0.2) is 34.8 Å². The van der Waals surface area contributed by atoms with E-state index >= 15 is 0 Å². The van der Waals surface area contributed by atoms with Crippen LogP contribution in [0.3, 0.4) is 0 Å². The molecule has 0 saturated carbocycles. The standard InChI is InChI=1S/C14H13BrN4O/c1-2-20-14-11(17)4-6-13(19-14)18-12-5-3-10(15)7-9(12)8-16/h3-7H,2,17H2,1H3,(H,18,19). The van der Waals surface area contributed by atoms with Crippen molar-refractivity contribution in [3.05, 3.63) is 40.4 Å². The monoisotopic (exact) mass is 332 g/mol. The minimum atomic E-state index is 0.383. The summed E-state index contributed by atoms with van der Waals surface area (Å²) >= 11 is 3.33. The normalized spacial score (nSPS) is 9.85. The number of nitrogens with one attached hydrogen (secondary N) is 1. The Kier molecular flexibility index (Phi) is 4.43. The van der Waals surface area contributed by atoms with Crippen molar-refractivity contribution < 1.29 is 4.74 Å². The Labute approximate surface area is 125 Å². The molecule has 0 amide bonds. The number of hydrogen-bond donors (Lipinski definition) is 2. The summed E-state index contributed by atoms with van der Waals surface area (Å²) < 4.78 is 6.19. The zero-order valence-electron chi connectivity index (χ0n) is 10.9. The van der Waals surface area contributed by atoms with Crippen LogP contribution in [0, 0.1) is 11.3 Å². The van der Waals surface area contributed by atoms with Gasteiger partial charge in [-0.05, 0) is 37.3 Å². The number of nitrogen functional groups attached to an aromatic ring is 1. The molecule has 0 unspecified atom stereocenters. The lowest BCUT2D eigenvalue weighted by Crippen LogP contribution is -2.02. The molecule has 0 bridgehead atoms. The van der Waals surface area contributed by atoms with Gasteiger partial charge in [0.15, 0.2) is 0 Å². The van der Waals surface area contributed by atoms with Crippen molar-refractivity contribution in [1.29, 1.82) is 5.26 Å². The number of nitrogens with zero attached hydrogens (tertiary/aromatic N) is 2. The van der Waals surface area contributed by atoms with Crippen LogP contribution >= 0.6 is 15.9 Å². The van der Waals surface area contributed by atoms with Gasteiger partial charge in [-0.1, -0.05) is 15.9 Å². The van der Waals surface area contributed by atoms with Crippen molar-refractivity contribution in [2.45, 2.75) is 6.92 Å². The summed E-state index contributed by atoms with van der Waals surface area (Å²) in [5.74, 6) is 0.953. The summed E-state index contributed by atoms with van der Waals surface area (Å²) in [6, 6.07) is 11.0. The Hall–Kier alpha value is -2.26. The Balaban J connectivity index is 2.31. The Morgan fingerprint density at radius 1 is 1.40 bits per heavy atom. The number of pyridine rings is 1. The fourth-order valence-electron chi connectivity index (χ4n) is 1.63. The zero-order chi connectivity index (χ0) is 14.5. The van der Waals surface area contributed by atoms with Gasteiger partial charge in [-0.3, -0.25) is 0 Å². The highest BCUT2D eigenvalue weighted by Gasteiger charge is 2.07. The lowest BCUT2D eigenvalue weighted by Gasteiger charge is -2.11. The van der Waals surface area contributed by atoms with Crippen molar-refractivity contribution in [3.8, 4) is 11.9 Å². The van der Waals surface area contributed by atoms with Crippen molar-refractivity contribution in [3.63, 3.8) is 0 Å². The molecule has 0 aliphatic rings. The molecular formula is C14H13BrN4O. The van der Waals surface area contributed by atoms with Crippen LogP contribution in [0.4, 0.5) is 17.2 Å². The molecule has 0 radical (unpaired) electrons. The van der Waals surface area contributed by atoms with E-state index in [0.29, 0.717) is 35.2 Å². The maximum Gasteiger partial charge on any atom is 0.239 e. The first-order chi connectivity index (χ1) is 9.63. The van der Waals surface area contributed by atoms with Crippen LogP contribution in [0.5, 0.6) is 5.88 Å². The molecule has 102 valence electrons. The lowest BCUT2D eigenvalue weighted by molar-refractivity contribution is 0.329. The first kappa shape index (κ1) is 14.2. The Morgan fingerprint density at radius 2 is 2.20 bits per heavy atom. The minimum absolute atomic E-state index is 0.383. The first-order valence-corrected chi connectivity index (χ1v) is 6.79. The second kappa shape index (κ2) is 6.26. The van der Waals surface area contributed by atoms with Gasteiger partial charge in [0.1, 0.15) is 11.9 Å². The molecule has 6 heteroatoms. The van der Waals surface area contributed by atoms with Crippen LogP contribution < -0.4 is 15.8 Å². The molecule has 20 heavy (non-hydrogen) atoms. The van der Waals surface area contributed by atoms with E-state index in [0.717, 1.165) is 4.47 Å². The summed E-state index contributed by atoms with van der Waals surface area (Å²) in [7, 11) is 0. The highest BCUT2D eigenvalue weighted by Crippen LogP contribution is 2.26. The molecule has 0 aliphatic carbocycles. The maximum absolute atomic E-state index is 9.13. The number of halogens is 1. The Bertz CT molecular complexity index is 667. The van der Waals surface area contributed by atoms with Gasteiger partial charge in [0.2, 0.25) is 5.88 Å². The number of nitrogens with two attached hydrogens (primary N) is 1. The number of anilines is 3. The van der Waals surface area contributed by atoms with Gasteiger partial charge in [-0.15, -0.1) is 0 Å². The van der Waals surface area contributed by atoms with Gasteiger partial charge in [-0.25, -0.2) is 0 Å². The summed E-state index contributed by atoms with van der Waals surface area (Å²) in [4.78, 5) is 4.28. The molecule has 1 aromatic heterocycles. The van der Waals surface area contributed by atoms with Crippen LogP contribution in [-0.4, -0.2) is 11.6 Å². The quantitative estimate of drug-likeness (QED) is 0.895. The SMILES string of the molecule is CCOc1nc(Nc2ccc(Br)cc2C#N)ccc1N. The molecule has 0 saturated heterocycles. The van der Waals surface area contributed by atoms with Gasteiger partial charge in [-0.2, -0.15) is 10.2 Å². The van der Waals surface area contributed by atoms with Crippen LogP contribution in [0.1, 0.15) is 12.5 Å². The molecule has 1 heterocycles. The third-order valence-electron chi connectivity index (χ3n) is 2.54. The molecule has 0 atom stereocenters. The number of benzene rings is 1. The average molecular weight is 333 g/mol. The molecule has 0 aliphatic heterocycles. The fraction of sp³-hybridized carbons (Fsp3) is 0.143. The van der Waals surface area contributed by atoms with E-state index in [4.69, 9.17) is 15.7 Å². The maximum atomic E-state index is 9.13. The van der Waals surface area contributed by atoms with Gasteiger partial charge in [0.25, 0.3) is 0 Å². The van der Waals surface area contributed by atoms with Gasteiger partial charge >= 0.3 is 0 Å². The summed E-state index contributed by atoms with van der Waals surface area (Å²) in [6.45, 7) is 2.35. The second-order valence-corrected chi connectivity index (χ2v) is 4.87. The third kappa shape index (κ3) is 3.19. The van der Waals surface area contributed by atoms with E-state index in [1.54, 1.807) is 24.3 Å². The topological polar surface area (TPSA) is 84.0 Å². The van der Waals surface area contributed by atoms with Crippen LogP contribution in [0.25, 0.3) is 0 Å². The van der Waals surface area contributed by atoms with Crippen molar-refractivity contribution in [2.24, 2.45) is 0 Å². The largest absolute Gasteiger partial charge is 0.476 e. The highest BCUT2D eigenvalue weighted by atomic mass is 79.9. The first-order valence-electron chi connectivity index (χ1n) is 6.00. The Morgan fingerprint density at radius 3 is 2.90 bits per heavy atom. The van der Waals surface area contributed by atoms with Crippen molar-refractivity contribution in [2.75, 3.05) is 17.7 Å². The number of ether oxygens (including phenoxy) is 1. The summed E-state index contributed by atoms with van der Waals surface area (Å²) in [5, 5.41) is 12.2. The molecule has 2 rings (SSSR count). The highest BCUT2D eigenvalue weighted by molar-refractivity contribution is 9.10. The van der Waals surface area contributed by atoms with E-state index in [9.17, 15) is 0 Å². The number of aromatic nitrogens is 1. The second-order valence-electron chi connectivity index (χ2n) is 3.95. The van der Waals surface area contributed by atoms with Gasteiger partial charge in [0.05, 0.1) is 23.5 Å². The molecule has 2 aromatic rings. The van der Waals surface area contributed by atoms with Crippen LogP contribution in [-0.2, 0) is 0 Å². The predicted molar refractivity (Wildman–Crippen MR) is 82.0 cm³/mol. The molecule has 0 fully saturated rings. The molecular weight excluding hydrogens is 320 g/mol. The number of nitriles is 1. The molecule has 5 nitrogen and oxygen atoms in total. The van der Waals surface area contributed by atoms with E-state index in [1.807, 2.05) is 13.0 Å². The smallest absolute Gasteiger partial charge is 0.239 e. The predicted octanol–water partition coefficient (Wildman–Crippen LogP) is 3.44. The summed E-state index contributed by atoms with van der Waals surface area (Å²) in [6.07, 6.45) is 0. The van der Waals surface area contributed by atoms with Gasteiger partial charge < -0.3 is 15.8 Å². The lowest BCUT2D eigenvalue weighted by atomic mass is 10.2. The van der Waals surface area contributed by atoms with E-state index < -0.39 is 0 Å². The minimum Gasteiger partial charge on any atom is -0.476 e. The van der Waals surface area contributed by atoms with Crippen molar-refractivity contribution in [1.82, 2.24) is 4.98 Å². The zero-order valence-corrected chi connectivity index (χ0v) is 12.4. The average Bonchev–Trinajstić information content (AvgIpc) is 2.44.